The highest BCUT2D eigenvalue weighted by molar-refractivity contribution is 5.59. The number of unbranched alkanes of at least 4 members (excludes halogenated alkanes) is 1. The second kappa shape index (κ2) is 6.06. The molecule has 0 aliphatic rings. The van der Waals surface area contributed by atoms with Crippen molar-refractivity contribution in [3.8, 4) is 17.0 Å². The molecule has 1 aromatic heterocycles. The smallest absolute Gasteiger partial charge is 0.119 e. The maximum atomic E-state index is 5.60. The summed E-state index contributed by atoms with van der Waals surface area (Å²) in [6.07, 6.45) is 3.82. The van der Waals surface area contributed by atoms with E-state index in [1.807, 2.05) is 36.5 Å². The molecular weight excluding hydrogens is 214 g/mol. The molecule has 1 aromatic carbocycles. The van der Waals surface area contributed by atoms with Gasteiger partial charge < -0.3 is 10.5 Å². The molecule has 17 heavy (non-hydrogen) atoms. The molecule has 0 aliphatic carbocycles. The molecule has 2 aromatic rings. The quantitative estimate of drug-likeness (QED) is 0.749. The van der Waals surface area contributed by atoms with E-state index in [9.17, 15) is 0 Å². The van der Waals surface area contributed by atoms with Gasteiger partial charge in [0.15, 0.2) is 0 Å². The number of ether oxygens (including phenoxy) is 1. The van der Waals surface area contributed by atoms with Gasteiger partial charge in [0.05, 0.1) is 12.3 Å². The van der Waals surface area contributed by atoms with Gasteiger partial charge in [0.2, 0.25) is 0 Å². The van der Waals surface area contributed by atoms with E-state index >= 15 is 0 Å². The number of aromatic amines is 1. The number of benzene rings is 1. The summed E-state index contributed by atoms with van der Waals surface area (Å²) in [5, 5.41) is 6.92. The van der Waals surface area contributed by atoms with Gasteiger partial charge in [-0.1, -0.05) is 0 Å². The van der Waals surface area contributed by atoms with Crippen LogP contribution < -0.4 is 10.5 Å². The monoisotopic (exact) mass is 231 g/mol. The van der Waals surface area contributed by atoms with Crippen molar-refractivity contribution in [2.75, 3.05) is 13.2 Å². The molecule has 0 amide bonds. The molecule has 4 nitrogen and oxygen atoms in total. The standard InChI is InChI=1S/C13H17N3O/c14-8-1-2-10-17-12-5-3-11(4-6-12)13-7-9-15-16-13/h3-7,9H,1-2,8,10,14H2,(H,15,16). The summed E-state index contributed by atoms with van der Waals surface area (Å²) in [6.45, 7) is 1.44. The summed E-state index contributed by atoms with van der Waals surface area (Å²) < 4.78 is 5.60. The minimum Gasteiger partial charge on any atom is -0.494 e. The van der Waals surface area contributed by atoms with E-state index in [1.54, 1.807) is 0 Å². The van der Waals surface area contributed by atoms with Gasteiger partial charge in [-0.3, -0.25) is 5.10 Å². The number of hydrogen-bond donors (Lipinski definition) is 2. The molecule has 0 radical (unpaired) electrons. The molecule has 0 atom stereocenters. The van der Waals surface area contributed by atoms with E-state index < -0.39 is 0 Å². The van der Waals surface area contributed by atoms with Crippen molar-refractivity contribution >= 4 is 0 Å². The van der Waals surface area contributed by atoms with Crippen LogP contribution in [0.2, 0.25) is 0 Å². The highest BCUT2D eigenvalue weighted by Crippen LogP contribution is 2.20. The van der Waals surface area contributed by atoms with E-state index in [2.05, 4.69) is 10.2 Å². The fraction of sp³-hybridized carbons (Fsp3) is 0.308. The van der Waals surface area contributed by atoms with Gasteiger partial charge in [0.25, 0.3) is 0 Å². The van der Waals surface area contributed by atoms with E-state index in [-0.39, 0.29) is 0 Å². The molecule has 0 saturated heterocycles. The Morgan fingerprint density at radius 3 is 2.59 bits per heavy atom. The van der Waals surface area contributed by atoms with Crippen LogP contribution in [0, 0.1) is 0 Å². The Kier molecular flexibility index (Phi) is 4.16. The lowest BCUT2D eigenvalue weighted by Crippen LogP contribution is -2.03. The summed E-state index contributed by atoms with van der Waals surface area (Å²) in [7, 11) is 0. The highest BCUT2D eigenvalue weighted by Gasteiger charge is 1.99. The molecule has 0 spiro atoms. The van der Waals surface area contributed by atoms with Crippen LogP contribution >= 0.6 is 0 Å². The first-order valence-corrected chi connectivity index (χ1v) is 5.83. The lowest BCUT2D eigenvalue weighted by molar-refractivity contribution is 0.308. The molecule has 2 rings (SSSR count). The van der Waals surface area contributed by atoms with Gasteiger partial charge in [-0.15, -0.1) is 0 Å². The number of nitrogens with zero attached hydrogens (tertiary/aromatic N) is 1. The molecular formula is C13H17N3O. The average molecular weight is 231 g/mol. The molecule has 0 aliphatic heterocycles. The number of nitrogens with one attached hydrogen (secondary N) is 1. The molecule has 3 N–H and O–H groups in total. The Hall–Kier alpha value is -1.81. The van der Waals surface area contributed by atoms with Gasteiger partial charge in [0, 0.05) is 11.8 Å². The fourth-order valence-corrected chi connectivity index (χ4v) is 1.58. The van der Waals surface area contributed by atoms with Crippen LogP contribution in [0.25, 0.3) is 11.3 Å². The fourth-order valence-electron chi connectivity index (χ4n) is 1.58. The van der Waals surface area contributed by atoms with Gasteiger partial charge in [-0.05, 0) is 49.7 Å². The van der Waals surface area contributed by atoms with Crippen molar-refractivity contribution in [3.05, 3.63) is 36.5 Å². The van der Waals surface area contributed by atoms with Crippen LogP contribution in [0.5, 0.6) is 5.75 Å². The van der Waals surface area contributed by atoms with Crippen molar-refractivity contribution in [2.24, 2.45) is 5.73 Å². The molecule has 0 unspecified atom stereocenters. The third-order valence-electron chi connectivity index (χ3n) is 2.52. The highest BCUT2D eigenvalue weighted by atomic mass is 16.5. The lowest BCUT2D eigenvalue weighted by Gasteiger charge is -2.05. The number of aromatic nitrogens is 2. The van der Waals surface area contributed by atoms with Crippen molar-refractivity contribution < 1.29 is 4.74 Å². The van der Waals surface area contributed by atoms with E-state index in [0.29, 0.717) is 0 Å². The largest absolute Gasteiger partial charge is 0.494 e. The average Bonchev–Trinajstić information content (AvgIpc) is 2.89. The first-order valence-electron chi connectivity index (χ1n) is 5.83. The van der Waals surface area contributed by atoms with E-state index in [1.165, 1.54) is 0 Å². The zero-order valence-electron chi connectivity index (χ0n) is 9.73. The number of rotatable bonds is 6. The zero-order valence-corrected chi connectivity index (χ0v) is 9.73. The van der Waals surface area contributed by atoms with Crippen LogP contribution in [0.3, 0.4) is 0 Å². The van der Waals surface area contributed by atoms with Crippen LogP contribution in [0.1, 0.15) is 12.8 Å². The number of H-pyrrole nitrogens is 1. The van der Waals surface area contributed by atoms with E-state index in [4.69, 9.17) is 10.5 Å². The Morgan fingerprint density at radius 1 is 1.12 bits per heavy atom. The summed E-state index contributed by atoms with van der Waals surface area (Å²) in [5.41, 5.74) is 7.44. The van der Waals surface area contributed by atoms with Gasteiger partial charge in [0.1, 0.15) is 5.75 Å². The second-order valence-corrected chi connectivity index (χ2v) is 3.83. The molecule has 1 heterocycles. The third-order valence-corrected chi connectivity index (χ3v) is 2.52. The van der Waals surface area contributed by atoms with Crippen LogP contribution in [-0.4, -0.2) is 23.3 Å². The Balaban J connectivity index is 1.90. The first-order chi connectivity index (χ1) is 8.40. The number of nitrogens with two attached hydrogens (primary N) is 1. The molecule has 0 fully saturated rings. The molecule has 0 saturated carbocycles. The minimum atomic E-state index is 0.721. The van der Waals surface area contributed by atoms with E-state index in [0.717, 1.165) is 43.0 Å². The Morgan fingerprint density at radius 2 is 1.94 bits per heavy atom. The topological polar surface area (TPSA) is 63.9 Å². The molecule has 4 heteroatoms. The van der Waals surface area contributed by atoms with Gasteiger partial charge in [-0.2, -0.15) is 5.10 Å². The van der Waals surface area contributed by atoms with Crippen LogP contribution in [-0.2, 0) is 0 Å². The van der Waals surface area contributed by atoms with Crippen LogP contribution in [0.15, 0.2) is 36.5 Å². The van der Waals surface area contributed by atoms with Gasteiger partial charge in [-0.25, -0.2) is 0 Å². The Labute approximate surface area is 101 Å². The SMILES string of the molecule is NCCCCOc1ccc(-c2cc[nH]n2)cc1. The summed E-state index contributed by atoms with van der Waals surface area (Å²) in [5.74, 6) is 0.890. The minimum absolute atomic E-state index is 0.721. The van der Waals surface area contributed by atoms with Crippen molar-refractivity contribution in [1.29, 1.82) is 0 Å². The maximum Gasteiger partial charge on any atom is 0.119 e. The predicted octanol–water partition coefficient (Wildman–Crippen LogP) is 2.19. The summed E-state index contributed by atoms with van der Waals surface area (Å²) in [4.78, 5) is 0. The normalized spacial score (nSPS) is 10.4. The predicted molar refractivity (Wildman–Crippen MR) is 67.8 cm³/mol. The number of hydrogen-bond acceptors (Lipinski definition) is 3. The van der Waals surface area contributed by atoms with Crippen molar-refractivity contribution in [1.82, 2.24) is 10.2 Å². The first kappa shape index (κ1) is 11.7. The second-order valence-electron chi connectivity index (χ2n) is 3.83. The van der Waals surface area contributed by atoms with Crippen LogP contribution in [0.4, 0.5) is 0 Å². The molecule has 0 bridgehead atoms. The van der Waals surface area contributed by atoms with Crippen molar-refractivity contribution in [2.45, 2.75) is 12.8 Å². The summed E-state index contributed by atoms with van der Waals surface area (Å²) >= 11 is 0. The molecule has 90 valence electrons. The van der Waals surface area contributed by atoms with Crippen molar-refractivity contribution in [3.63, 3.8) is 0 Å². The van der Waals surface area contributed by atoms with Gasteiger partial charge >= 0.3 is 0 Å². The zero-order chi connectivity index (χ0) is 11.9. The Bertz CT molecular complexity index is 422. The summed E-state index contributed by atoms with van der Waals surface area (Å²) in [6, 6.07) is 9.89. The lowest BCUT2D eigenvalue weighted by atomic mass is 10.1. The maximum absolute atomic E-state index is 5.60. The third kappa shape index (κ3) is 3.32.